The highest BCUT2D eigenvalue weighted by atomic mass is 16.4. The molecule has 1 aliphatic heterocycles. The number of carboxylic acid groups (broad SMARTS) is 2. The van der Waals surface area contributed by atoms with Gasteiger partial charge in [-0.3, -0.25) is 4.90 Å². The minimum atomic E-state index is -1.13. The molecule has 7 nitrogen and oxygen atoms in total. The van der Waals surface area contributed by atoms with E-state index in [9.17, 15) is 14.7 Å². The maximum atomic E-state index is 10.8. The molecular weight excluding hydrogens is 204 g/mol. The van der Waals surface area contributed by atoms with Gasteiger partial charge in [0, 0.05) is 19.6 Å². The first-order chi connectivity index (χ1) is 6.93. The fourth-order valence-electron chi connectivity index (χ4n) is 1.63. The van der Waals surface area contributed by atoms with Gasteiger partial charge in [0.2, 0.25) is 0 Å². The van der Waals surface area contributed by atoms with E-state index < -0.39 is 24.3 Å². The smallest absolute Gasteiger partial charge is 0.407 e. The van der Waals surface area contributed by atoms with Gasteiger partial charge in [0.05, 0.1) is 12.1 Å². The molecule has 0 aliphatic carbocycles. The van der Waals surface area contributed by atoms with Gasteiger partial charge in [0.1, 0.15) is 0 Å². The van der Waals surface area contributed by atoms with Crippen molar-refractivity contribution >= 4 is 12.2 Å². The molecule has 7 heteroatoms. The summed E-state index contributed by atoms with van der Waals surface area (Å²) >= 11 is 0. The van der Waals surface area contributed by atoms with Crippen molar-refractivity contribution in [2.45, 2.75) is 19.1 Å². The molecule has 0 aromatic rings. The number of hydrogen-bond donors (Lipinski definition) is 3. The highest BCUT2D eigenvalue weighted by molar-refractivity contribution is 5.68. The number of aliphatic hydroxyl groups excluding tert-OH is 1. The highest BCUT2D eigenvalue weighted by Gasteiger charge is 2.34. The topological polar surface area (TPSA) is 101 Å². The zero-order chi connectivity index (χ0) is 11.6. The largest absolute Gasteiger partial charge is 0.465 e. The number of aliphatic hydroxyl groups is 1. The molecule has 0 radical (unpaired) electrons. The van der Waals surface area contributed by atoms with E-state index in [0.717, 1.165) is 9.80 Å². The fraction of sp³-hybridized carbons (Fsp3) is 0.750. The van der Waals surface area contributed by atoms with Gasteiger partial charge >= 0.3 is 12.2 Å². The van der Waals surface area contributed by atoms with Gasteiger partial charge in [0.15, 0.2) is 0 Å². The lowest BCUT2D eigenvalue weighted by Crippen LogP contribution is -2.59. The second-order valence-corrected chi connectivity index (χ2v) is 3.51. The quantitative estimate of drug-likeness (QED) is 0.561. The predicted octanol–water partition coefficient (Wildman–Crippen LogP) is -0.291. The second-order valence-electron chi connectivity index (χ2n) is 3.51. The molecule has 0 spiro atoms. The van der Waals surface area contributed by atoms with Crippen LogP contribution in [0.4, 0.5) is 9.59 Å². The number of piperazine rings is 1. The lowest BCUT2D eigenvalue weighted by atomic mass is 10.1. The van der Waals surface area contributed by atoms with Gasteiger partial charge < -0.3 is 20.2 Å². The summed E-state index contributed by atoms with van der Waals surface area (Å²) in [5.74, 6) is 0. The summed E-state index contributed by atoms with van der Waals surface area (Å²) in [6, 6.07) is -0.688. The molecule has 0 saturated carbocycles. The van der Waals surface area contributed by atoms with Crippen molar-refractivity contribution < 1.29 is 24.9 Å². The second kappa shape index (κ2) is 4.35. The van der Waals surface area contributed by atoms with E-state index in [1.54, 1.807) is 0 Å². The average Bonchev–Trinajstić information content (AvgIpc) is 2.16. The molecule has 1 fully saturated rings. The number of carbonyl (C=O) groups is 2. The third-order valence-electron chi connectivity index (χ3n) is 2.49. The van der Waals surface area contributed by atoms with Crippen LogP contribution >= 0.6 is 0 Å². The zero-order valence-corrected chi connectivity index (χ0v) is 8.33. The van der Waals surface area contributed by atoms with Crippen molar-refractivity contribution in [2.24, 2.45) is 0 Å². The van der Waals surface area contributed by atoms with Crippen LogP contribution in [0, 0.1) is 0 Å². The SMILES string of the molecule is C[C@@H](O)C1CN(C(=O)O)CCN1C(=O)O. The van der Waals surface area contributed by atoms with E-state index in [1.165, 1.54) is 6.92 Å². The van der Waals surface area contributed by atoms with Crippen molar-refractivity contribution in [3.63, 3.8) is 0 Å². The summed E-state index contributed by atoms with van der Waals surface area (Å²) in [5.41, 5.74) is 0. The van der Waals surface area contributed by atoms with Crippen LogP contribution < -0.4 is 0 Å². The molecule has 15 heavy (non-hydrogen) atoms. The lowest BCUT2D eigenvalue weighted by molar-refractivity contribution is 0.0112. The summed E-state index contributed by atoms with van der Waals surface area (Å²) in [6.07, 6.45) is -3.11. The molecule has 3 N–H and O–H groups in total. The normalized spacial score (nSPS) is 23.7. The van der Waals surface area contributed by atoms with Crippen LogP contribution in [0.3, 0.4) is 0 Å². The van der Waals surface area contributed by atoms with E-state index in [0.29, 0.717) is 0 Å². The minimum Gasteiger partial charge on any atom is -0.465 e. The summed E-state index contributed by atoms with van der Waals surface area (Å²) in [4.78, 5) is 23.7. The van der Waals surface area contributed by atoms with E-state index in [1.807, 2.05) is 0 Å². The molecule has 2 amide bonds. The Hall–Kier alpha value is -1.50. The Morgan fingerprint density at radius 2 is 1.87 bits per heavy atom. The maximum Gasteiger partial charge on any atom is 0.407 e. The number of nitrogens with zero attached hydrogens (tertiary/aromatic N) is 2. The van der Waals surface area contributed by atoms with Gasteiger partial charge in [-0.25, -0.2) is 9.59 Å². The Morgan fingerprint density at radius 1 is 1.27 bits per heavy atom. The molecular formula is C8H14N2O5. The van der Waals surface area contributed by atoms with Gasteiger partial charge in [-0.2, -0.15) is 0 Å². The van der Waals surface area contributed by atoms with Crippen molar-refractivity contribution in [1.29, 1.82) is 0 Å². The Balaban J connectivity index is 2.73. The number of hydrogen-bond acceptors (Lipinski definition) is 3. The van der Waals surface area contributed by atoms with Crippen LogP contribution in [-0.2, 0) is 0 Å². The first-order valence-corrected chi connectivity index (χ1v) is 4.59. The van der Waals surface area contributed by atoms with E-state index in [4.69, 9.17) is 10.2 Å². The van der Waals surface area contributed by atoms with Crippen LogP contribution in [-0.4, -0.2) is 69.1 Å². The molecule has 1 unspecified atom stereocenters. The molecule has 1 aliphatic rings. The first kappa shape index (κ1) is 11.6. The Kier molecular flexibility index (Phi) is 3.35. The van der Waals surface area contributed by atoms with Crippen molar-refractivity contribution in [2.75, 3.05) is 19.6 Å². The van der Waals surface area contributed by atoms with E-state index in [-0.39, 0.29) is 19.6 Å². The summed E-state index contributed by atoms with van der Waals surface area (Å²) in [5, 5.41) is 26.9. The van der Waals surface area contributed by atoms with Crippen molar-refractivity contribution in [1.82, 2.24) is 9.80 Å². The molecule has 1 heterocycles. The van der Waals surface area contributed by atoms with Gasteiger partial charge in [-0.05, 0) is 6.92 Å². The molecule has 2 atom stereocenters. The maximum absolute atomic E-state index is 10.8. The Morgan fingerprint density at radius 3 is 2.27 bits per heavy atom. The van der Waals surface area contributed by atoms with Crippen LogP contribution in [0.1, 0.15) is 6.92 Å². The first-order valence-electron chi connectivity index (χ1n) is 4.59. The standard InChI is InChI=1S/C8H14N2O5/c1-5(11)6-4-9(7(12)13)2-3-10(6)8(14)15/h5-6,11H,2-4H2,1H3,(H,12,13)(H,14,15)/t5-,6?/m1/s1. The van der Waals surface area contributed by atoms with Crippen LogP contribution in [0.5, 0.6) is 0 Å². The van der Waals surface area contributed by atoms with E-state index in [2.05, 4.69) is 0 Å². The molecule has 86 valence electrons. The average molecular weight is 218 g/mol. The molecule has 0 bridgehead atoms. The highest BCUT2D eigenvalue weighted by Crippen LogP contribution is 2.13. The summed E-state index contributed by atoms with van der Waals surface area (Å²) in [7, 11) is 0. The Labute approximate surface area is 86.5 Å². The van der Waals surface area contributed by atoms with Gasteiger partial charge in [-0.15, -0.1) is 0 Å². The monoisotopic (exact) mass is 218 g/mol. The van der Waals surface area contributed by atoms with Crippen molar-refractivity contribution in [3.05, 3.63) is 0 Å². The lowest BCUT2D eigenvalue weighted by Gasteiger charge is -2.39. The molecule has 0 aromatic heterocycles. The molecule has 1 rings (SSSR count). The fourth-order valence-corrected chi connectivity index (χ4v) is 1.63. The van der Waals surface area contributed by atoms with E-state index >= 15 is 0 Å². The van der Waals surface area contributed by atoms with Crippen LogP contribution in [0.15, 0.2) is 0 Å². The molecule has 0 aromatic carbocycles. The summed E-state index contributed by atoms with van der Waals surface area (Å²) < 4.78 is 0. The van der Waals surface area contributed by atoms with Crippen LogP contribution in [0.25, 0.3) is 0 Å². The minimum absolute atomic E-state index is 0.0132. The number of amides is 2. The molecule has 1 saturated heterocycles. The summed E-state index contributed by atoms with van der Waals surface area (Å²) in [6.45, 7) is 1.70. The third-order valence-corrected chi connectivity index (χ3v) is 2.49. The van der Waals surface area contributed by atoms with Gasteiger partial charge in [-0.1, -0.05) is 0 Å². The Bertz CT molecular complexity index is 268. The number of rotatable bonds is 1. The third kappa shape index (κ3) is 2.50. The zero-order valence-electron chi connectivity index (χ0n) is 8.33. The van der Waals surface area contributed by atoms with Crippen molar-refractivity contribution in [3.8, 4) is 0 Å². The van der Waals surface area contributed by atoms with Gasteiger partial charge in [0.25, 0.3) is 0 Å². The van der Waals surface area contributed by atoms with Crippen LogP contribution in [0.2, 0.25) is 0 Å². The predicted molar refractivity (Wildman–Crippen MR) is 49.8 cm³/mol.